The van der Waals surface area contributed by atoms with E-state index in [1.54, 1.807) is 11.6 Å². The van der Waals surface area contributed by atoms with Gasteiger partial charge in [-0.3, -0.25) is 9.59 Å². The Bertz CT molecular complexity index is 1170. The summed E-state index contributed by atoms with van der Waals surface area (Å²) in [5.74, 6) is 4.77. The van der Waals surface area contributed by atoms with Crippen molar-refractivity contribution in [2.24, 2.45) is 56.7 Å². The van der Waals surface area contributed by atoms with Gasteiger partial charge in [0.2, 0.25) is 0 Å². The topological polar surface area (TPSA) is 52.6 Å². The van der Waals surface area contributed by atoms with E-state index in [0.29, 0.717) is 43.1 Å². The first kappa shape index (κ1) is 31.4. The Hall–Kier alpha value is -2.02. The molecule has 0 spiro atoms. The van der Waals surface area contributed by atoms with Crippen LogP contribution in [0.25, 0.3) is 0 Å². The van der Waals surface area contributed by atoms with Gasteiger partial charge >= 0.3 is 11.9 Å². The molecular weight excluding hydrogens is 520 g/mol. The van der Waals surface area contributed by atoms with Gasteiger partial charge in [-0.2, -0.15) is 0 Å². The van der Waals surface area contributed by atoms with E-state index in [0.717, 1.165) is 51.4 Å². The Labute approximate surface area is 255 Å². The molecule has 0 heterocycles. The highest BCUT2D eigenvalue weighted by Crippen LogP contribution is 2.76. The number of allylic oxidation sites excluding steroid dienone is 2. The minimum Gasteiger partial charge on any atom is -0.462 e. The van der Waals surface area contributed by atoms with Crippen LogP contribution in [0.1, 0.15) is 119 Å². The highest BCUT2D eigenvalue weighted by atomic mass is 16.5. The van der Waals surface area contributed by atoms with Gasteiger partial charge in [0.15, 0.2) is 0 Å². The van der Waals surface area contributed by atoms with Crippen LogP contribution >= 0.6 is 0 Å². The molecular formula is C38H56O4. The third kappa shape index (κ3) is 4.37. The average Bonchev–Trinajstić information content (AvgIpc) is 2.94. The first-order valence-electron chi connectivity index (χ1n) is 16.8. The molecule has 0 aromatic heterocycles. The number of terminal acetylenes is 1. The first-order chi connectivity index (χ1) is 19.7. The Balaban J connectivity index is 1.49. The number of esters is 2. The van der Waals surface area contributed by atoms with Gasteiger partial charge in [-0.05, 0) is 104 Å². The monoisotopic (exact) mass is 576 g/mol. The zero-order valence-electron chi connectivity index (χ0n) is 27.5. The minimum atomic E-state index is -0.409. The second kappa shape index (κ2) is 10.9. The molecule has 0 aromatic rings. The van der Waals surface area contributed by atoms with Crippen molar-refractivity contribution in [3.63, 3.8) is 0 Å². The van der Waals surface area contributed by atoms with Crippen molar-refractivity contribution in [1.82, 2.24) is 0 Å². The number of rotatable bonds is 6. The van der Waals surface area contributed by atoms with E-state index in [1.807, 2.05) is 0 Å². The Morgan fingerprint density at radius 3 is 2.45 bits per heavy atom. The fourth-order valence-electron chi connectivity index (χ4n) is 11.7. The van der Waals surface area contributed by atoms with Crippen LogP contribution in [0.2, 0.25) is 0 Å². The molecule has 0 amide bonds. The maximum absolute atomic E-state index is 13.8. The molecule has 5 aliphatic carbocycles. The van der Waals surface area contributed by atoms with E-state index >= 15 is 0 Å². The Morgan fingerprint density at radius 1 is 1.02 bits per heavy atom. The van der Waals surface area contributed by atoms with Gasteiger partial charge in [-0.15, -0.1) is 12.3 Å². The van der Waals surface area contributed by atoms with E-state index in [2.05, 4.69) is 67.0 Å². The summed E-state index contributed by atoms with van der Waals surface area (Å²) in [6, 6.07) is 0. The predicted octanol–water partition coefficient (Wildman–Crippen LogP) is 8.70. The molecule has 0 saturated heterocycles. The van der Waals surface area contributed by atoms with Gasteiger partial charge in [0.1, 0.15) is 12.7 Å². The quantitative estimate of drug-likeness (QED) is 0.180. The lowest BCUT2D eigenvalue weighted by Crippen LogP contribution is -2.65. The van der Waals surface area contributed by atoms with Gasteiger partial charge in [0, 0.05) is 11.8 Å². The number of carbonyl (C=O) groups excluding carboxylic acids is 2. The molecule has 1 unspecified atom stereocenters. The number of ether oxygens (including phenoxy) is 2. The third-order valence-electron chi connectivity index (χ3n) is 14.4. The number of hydrogen-bond acceptors (Lipinski definition) is 4. The minimum absolute atomic E-state index is 0.00825. The molecule has 5 aliphatic rings. The standard InChI is InChI=1S/C38H56O4/c1-10-12-13-31(39)42-30-18-19-35(7)28(34(30,5)6)17-20-37(9)29(35)15-14-27-32-26(4)25(3)16-21-38(32,23-22-36(27,37)8)33(40)41-24-11-2/h1,11,14,25-26,28-30,32H,2,12-13,15-24H2,3-9H3/t25-,26+,28+,29-,30+,32+,35?,36-,37-,38+/m1/s1. The summed E-state index contributed by atoms with van der Waals surface area (Å²) < 4.78 is 12.0. The van der Waals surface area contributed by atoms with Gasteiger partial charge in [0.05, 0.1) is 11.8 Å². The van der Waals surface area contributed by atoms with E-state index < -0.39 is 5.41 Å². The molecule has 42 heavy (non-hydrogen) atoms. The van der Waals surface area contributed by atoms with Crippen molar-refractivity contribution in [2.45, 2.75) is 125 Å². The summed E-state index contributed by atoms with van der Waals surface area (Å²) >= 11 is 0. The van der Waals surface area contributed by atoms with Crippen LogP contribution in [0.5, 0.6) is 0 Å². The lowest BCUT2D eigenvalue weighted by molar-refractivity contribution is -0.215. The highest BCUT2D eigenvalue weighted by molar-refractivity contribution is 5.79. The first-order valence-corrected chi connectivity index (χ1v) is 16.8. The van der Waals surface area contributed by atoms with Crippen LogP contribution in [0, 0.1) is 69.0 Å². The van der Waals surface area contributed by atoms with Crippen LogP contribution in [-0.4, -0.2) is 24.6 Å². The number of fused-ring (bicyclic) bond motifs is 7. The van der Waals surface area contributed by atoms with Gasteiger partial charge in [-0.1, -0.05) is 72.8 Å². The molecule has 0 aromatic carbocycles. The smallest absolute Gasteiger partial charge is 0.313 e. The fraction of sp³-hybridized carbons (Fsp3) is 0.789. The van der Waals surface area contributed by atoms with Crippen LogP contribution in [0.4, 0.5) is 0 Å². The summed E-state index contributed by atoms with van der Waals surface area (Å²) in [6.07, 6.45) is 19.8. The Morgan fingerprint density at radius 2 is 1.76 bits per heavy atom. The van der Waals surface area contributed by atoms with Gasteiger partial charge < -0.3 is 9.47 Å². The summed E-state index contributed by atoms with van der Waals surface area (Å²) in [5.41, 5.74) is 1.46. The molecule has 0 bridgehead atoms. The summed E-state index contributed by atoms with van der Waals surface area (Å²) in [6.45, 7) is 21.3. The number of carbonyl (C=O) groups is 2. The second-order valence-electron chi connectivity index (χ2n) is 16.2. The van der Waals surface area contributed by atoms with Crippen LogP contribution in [0.15, 0.2) is 24.3 Å². The van der Waals surface area contributed by atoms with E-state index in [1.165, 1.54) is 6.42 Å². The van der Waals surface area contributed by atoms with Crippen LogP contribution < -0.4 is 0 Å². The van der Waals surface area contributed by atoms with E-state index in [4.69, 9.17) is 15.9 Å². The molecule has 4 nitrogen and oxygen atoms in total. The lowest BCUT2D eigenvalue weighted by atomic mass is 9.33. The van der Waals surface area contributed by atoms with Crippen molar-refractivity contribution in [3.8, 4) is 12.3 Å². The molecule has 232 valence electrons. The highest BCUT2D eigenvalue weighted by Gasteiger charge is 2.70. The van der Waals surface area contributed by atoms with Gasteiger partial charge in [-0.25, -0.2) is 0 Å². The number of hydrogen-bond donors (Lipinski definition) is 0. The second-order valence-corrected chi connectivity index (χ2v) is 16.2. The normalized spacial score (nSPS) is 45.4. The predicted molar refractivity (Wildman–Crippen MR) is 168 cm³/mol. The molecule has 5 rings (SSSR count). The van der Waals surface area contributed by atoms with Crippen molar-refractivity contribution < 1.29 is 19.1 Å². The van der Waals surface area contributed by atoms with Crippen LogP contribution in [0.3, 0.4) is 0 Å². The molecule has 4 saturated carbocycles. The van der Waals surface area contributed by atoms with Gasteiger partial charge in [0.25, 0.3) is 0 Å². The van der Waals surface area contributed by atoms with E-state index in [9.17, 15) is 9.59 Å². The average molecular weight is 577 g/mol. The van der Waals surface area contributed by atoms with Crippen molar-refractivity contribution in [2.75, 3.05) is 6.61 Å². The molecule has 0 aliphatic heterocycles. The molecule has 0 N–H and O–H groups in total. The third-order valence-corrected chi connectivity index (χ3v) is 14.4. The maximum atomic E-state index is 13.8. The van der Waals surface area contributed by atoms with E-state index in [-0.39, 0.29) is 45.6 Å². The van der Waals surface area contributed by atoms with Crippen LogP contribution in [-0.2, 0) is 19.1 Å². The SMILES string of the molecule is C#CCCC(=O)O[C@H]1CCC2(C)[C@H]3CC=C4[C@@H]5[C@@H](C)[C@H](C)CC[C@]5(C(=O)OCC=C)CC[C@@]4(C)[C@]3(C)CC[C@H]2C1(C)C. The van der Waals surface area contributed by atoms with Crippen molar-refractivity contribution in [3.05, 3.63) is 24.3 Å². The summed E-state index contributed by atoms with van der Waals surface area (Å²) in [5, 5.41) is 0. The molecule has 4 heteroatoms. The zero-order valence-corrected chi connectivity index (χ0v) is 27.5. The van der Waals surface area contributed by atoms with Crippen molar-refractivity contribution in [1.29, 1.82) is 0 Å². The fourth-order valence-corrected chi connectivity index (χ4v) is 11.7. The Kier molecular flexibility index (Phi) is 8.12. The van der Waals surface area contributed by atoms with Crippen molar-refractivity contribution >= 4 is 11.9 Å². The maximum Gasteiger partial charge on any atom is 0.313 e. The summed E-state index contributed by atoms with van der Waals surface area (Å²) in [7, 11) is 0. The molecule has 0 radical (unpaired) electrons. The zero-order chi connectivity index (χ0) is 30.7. The molecule has 4 fully saturated rings. The lowest BCUT2D eigenvalue weighted by Gasteiger charge is -2.71. The molecule has 10 atom stereocenters. The summed E-state index contributed by atoms with van der Waals surface area (Å²) in [4.78, 5) is 26.4. The largest absolute Gasteiger partial charge is 0.462 e.